The first-order valence-electron chi connectivity index (χ1n) is 6.32. The van der Waals surface area contributed by atoms with E-state index in [4.69, 9.17) is 5.73 Å². The van der Waals surface area contributed by atoms with Crippen LogP contribution in [0, 0.1) is 0 Å². The van der Waals surface area contributed by atoms with Crippen molar-refractivity contribution in [2.75, 3.05) is 0 Å². The van der Waals surface area contributed by atoms with Gasteiger partial charge >= 0.3 is 0 Å². The Morgan fingerprint density at radius 2 is 2.11 bits per heavy atom. The maximum atomic E-state index is 5.89. The summed E-state index contributed by atoms with van der Waals surface area (Å²) in [5.74, 6) is 2.56. The summed E-state index contributed by atoms with van der Waals surface area (Å²) in [7, 11) is 0. The molecule has 0 amide bonds. The largest absolute Gasteiger partial charge is 0.324 e. The molecule has 0 aromatic carbocycles. The van der Waals surface area contributed by atoms with E-state index in [-0.39, 0.29) is 6.04 Å². The second-order valence-corrected chi connectivity index (χ2v) is 4.30. The van der Waals surface area contributed by atoms with Crippen LogP contribution >= 0.6 is 0 Å². The van der Waals surface area contributed by atoms with Crippen molar-refractivity contribution >= 4 is 0 Å². The molecule has 0 fully saturated rings. The van der Waals surface area contributed by atoms with Crippen molar-refractivity contribution in [3.05, 3.63) is 35.5 Å². The monoisotopic (exact) mass is 245 g/mol. The average Bonchev–Trinajstić information content (AvgIpc) is 2.82. The van der Waals surface area contributed by atoms with Crippen molar-refractivity contribution in [3.63, 3.8) is 0 Å². The highest BCUT2D eigenvalue weighted by molar-refractivity contribution is 5.29. The van der Waals surface area contributed by atoms with Crippen molar-refractivity contribution in [1.82, 2.24) is 19.7 Å². The summed E-state index contributed by atoms with van der Waals surface area (Å²) in [4.78, 5) is 8.83. The quantitative estimate of drug-likeness (QED) is 0.891. The van der Waals surface area contributed by atoms with E-state index in [9.17, 15) is 0 Å². The zero-order valence-electron chi connectivity index (χ0n) is 11.1. The number of hydrogen-bond donors (Lipinski definition) is 1. The summed E-state index contributed by atoms with van der Waals surface area (Å²) in [5.41, 5.74) is 6.94. The smallest absolute Gasteiger partial charge is 0.155 e. The summed E-state index contributed by atoms with van der Waals surface area (Å²) in [5, 5.41) is 4.47. The van der Waals surface area contributed by atoms with Gasteiger partial charge in [0.2, 0.25) is 0 Å². The van der Waals surface area contributed by atoms with Crippen LogP contribution in [0.3, 0.4) is 0 Å². The standard InChI is InChI=1S/C13H19N5/c1-4-11-16-12(5-2)18(17-11)13-8-10(9(3)14)6-7-15-13/h6-9H,4-5,14H2,1-3H3/t9-/m0/s1. The van der Waals surface area contributed by atoms with E-state index in [1.54, 1.807) is 6.20 Å². The van der Waals surface area contributed by atoms with Crippen LogP contribution in [0.5, 0.6) is 0 Å². The number of rotatable bonds is 4. The highest BCUT2D eigenvalue weighted by atomic mass is 15.4. The summed E-state index contributed by atoms with van der Waals surface area (Å²) in [6.07, 6.45) is 3.42. The minimum atomic E-state index is -0.00834. The van der Waals surface area contributed by atoms with Crippen LogP contribution in [0.1, 0.15) is 44.0 Å². The fourth-order valence-corrected chi connectivity index (χ4v) is 1.79. The fraction of sp³-hybridized carbons (Fsp3) is 0.462. The van der Waals surface area contributed by atoms with Crippen LogP contribution in [-0.2, 0) is 12.8 Å². The van der Waals surface area contributed by atoms with Crippen molar-refractivity contribution < 1.29 is 0 Å². The highest BCUT2D eigenvalue weighted by Gasteiger charge is 2.11. The summed E-state index contributed by atoms with van der Waals surface area (Å²) < 4.78 is 1.81. The van der Waals surface area contributed by atoms with Gasteiger partial charge in [0.15, 0.2) is 11.6 Å². The molecule has 2 aromatic heterocycles. The van der Waals surface area contributed by atoms with Crippen molar-refractivity contribution in [2.24, 2.45) is 5.73 Å². The number of hydrogen-bond acceptors (Lipinski definition) is 4. The Hall–Kier alpha value is -1.75. The first-order chi connectivity index (χ1) is 8.65. The molecule has 96 valence electrons. The molecule has 0 radical (unpaired) electrons. The van der Waals surface area contributed by atoms with Gasteiger partial charge in [0, 0.05) is 25.1 Å². The second-order valence-electron chi connectivity index (χ2n) is 4.30. The van der Waals surface area contributed by atoms with Crippen molar-refractivity contribution in [1.29, 1.82) is 0 Å². The molecule has 2 aromatic rings. The Morgan fingerprint density at radius 1 is 1.33 bits per heavy atom. The van der Waals surface area contributed by atoms with Crippen molar-refractivity contribution in [2.45, 2.75) is 39.7 Å². The molecule has 2 N–H and O–H groups in total. The van der Waals surface area contributed by atoms with Gasteiger partial charge in [-0.2, -0.15) is 4.68 Å². The van der Waals surface area contributed by atoms with Gasteiger partial charge in [-0.05, 0) is 24.6 Å². The van der Waals surface area contributed by atoms with Crippen LogP contribution in [0.25, 0.3) is 5.82 Å². The Kier molecular flexibility index (Phi) is 3.72. The zero-order chi connectivity index (χ0) is 13.1. The predicted octanol–water partition coefficient (Wildman–Crippen LogP) is 1.81. The molecular weight excluding hydrogens is 226 g/mol. The van der Waals surface area contributed by atoms with Crippen LogP contribution in [0.4, 0.5) is 0 Å². The minimum Gasteiger partial charge on any atom is -0.324 e. The fourth-order valence-electron chi connectivity index (χ4n) is 1.79. The molecule has 2 heterocycles. The maximum absolute atomic E-state index is 5.89. The van der Waals surface area contributed by atoms with E-state index in [0.717, 1.165) is 35.9 Å². The van der Waals surface area contributed by atoms with Gasteiger partial charge in [-0.1, -0.05) is 13.8 Å². The number of nitrogens with zero attached hydrogens (tertiary/aromatic N) is 4. The van der Waals surface area contributed by atoms with E-state index in [2.05, 4.69) is 22.0 Å². The molecule has 0 saturated carbocycles. The molecule has 1 atom stereocenters. The second kappa shape index (κ2) is 5.27. The van der Waals surface area contributed by atoms with E-state index in [1.165, 1.54) is 0 Å². The van der Waals surface area contributed by atoms with E-state index in [1.807, 2.05) is 30.7 Å². The molecule has 2 rings (SSSR count). The number of nitrogens with two attached hydrogens (primary N) is 1. The molecule has 0 spiro atoms. The third-order valence-electron chi connectivity index (χ3n) is 2.86. The van der Waals surface area contributed by atoms with Gasteiger partial charge in [-0.3, -0.25) is 0 Å². The van der Waals surface area contributed by atoms with E-state index >= 15 is 0 Å². The van der Waals surface area contributed by atoms with Gasteiger partial charge < -0.3 is 5.73 Å². The van der Waals surface area contributed by atoms with E-state index in [0.29, 0.717) is 0 Å². The van der Waals surface area contributed by atoms with Crippen LogP contribution in [0.2, 0.25) is 0 Å². The van der Waals surface area contributed by atoms with Gasteiger partial charge in [0.05, 0.1) is 0 Å². The lowest BCUT2D eigenvalue weighted by Gasteiger charge is -2.08. The lowest BCUT2D eigenvalue weighted by molar-refractivity contribution is 0.756. The predicted molar refractivity (Wildman–Crippen MR) is 70.5 cm³/mol. The summed E-state index contributed by atoms with van der Waals surface area (Å²) in [6.45, 7) is 6.07. The normalized spacial score (nSPS) is 12.7. The van der Waals surface area contributed by atoms with Gasteiger partial charge in [-0.15, -0.1) is 5.10 Å². The first-order valence-corrected chi connectivity index (χ1v) is 6.32. The SMILES string of the molecule is CCc1nc(CC)n(-c2cc([C@H](C)N)ccn2)n1. The van der Waals surface area contributed by atoms with Gasteiger partial charge in [-0.25, -0.2) is 9.97 Å². The molecule has 0 aliphatic carbocycles. The zero-order valence-corrected chi connectivity index (χ0v) is 11.1. The topological polar surface area (TPSA) is 69.6 Å². The van der Waals surface area contributed by atoms with Crippen LogP contribution in [0.15, 0.2) is 18.3 Å². The third kappa shape index (κ3) is 2.41. The third-order valence-corrected chi connectivity index (χ3v) is 2.86. The number of aryl methyl sites for hydroxylation is 2. The molecule has 0 aliphatic heterocycles. The number of aromatic nitrogens is 4. The first kappa shape index (κ1) is 12.7. The van der Waals surface area contributed by atoms with Crippen LogP contribution < -0.4 is 5.73 Å². The number of pyridine rings is 1. The molecule has 0 unspecified atom stereocenters. The molecule has 0 aliphatic rings. The molecule has 0 bridgehead atoms. The Bertz CT molecular complexity index is 530. The molecule has 0 saturated heterocycles. The highest BCUT2D eigenvalue weighted by Crippen LogP contribution is 2.14. The molecule has 5 heteroatoms. The van der Waals surface area contributed by atoms with Crippen LogP contribution in [-0.4, -0.2) is 19.7 Å². The average molecular weight is 245 g/mol. The Labute approximate surface area is 107 Å². The van der Waals surface area contributed by atoms with Gasteiger partial charge in [0.1, 0.15) is 5.82 Å². The lowest BCUT2D eigenvalue weighted by atomic mass is 10.1. The van der Waals surface area contributed by atoms with Gasteiger partial charge in [0.25, 0.3) is 0 Å². The maximum Gasteiger partial charge on any atom is 0.155 e. The van der Waals surface area contributed by atoms with Crippen molar-refractivity contribution in [3.8, 4) is 5.82 Å². The van der Waals surface area contributed by atoms with E-state index < -0.39 is 0 Å². The molecule has 18 heavy (non-hydrogen) atoms. The molecular formula is C13H19N5. The summed E-state index contributed by atoms with van der Waals surface area (Å²) >= 11 is 0. The Morgan fingerprint density at radius 3 is 2.72 bits per heavy atom. The molecule has 5 nitrogen and oxygen atoms in total. The Balaban J connectivity index is 2.47. The minimum absolute atomic E-state index is 0.00834. The summed E-state index contributed by atoms with van der Waals surface area (Å²) in [6, 6.07) is 3.89. The lowest BCUT2D eigenvalue weighted by Crippen LogP contribution is -2.09.